The number of rotatable bonds is 2. The highest BCUT2D eigenvalue weighted by atomic mass is 16.3. The lowest BCUT2D eigenvalue weighted by molar-refractivity contribution is -0.1000. The molecule has 2 fully saturated rings. The largest absolute Gasteiger partial charge is 0.390 e. The second-order valence-electron chi connectivity index (χ2n) is 6.24. The first-order valence-electron chi connectivity index (χ1n) is 6.84. The highest BCUT2D eigenvalue weighted by molar-refractivity contribution is 4.96. The lowest BCUT2D eigenvalue weighted by Crippen LogP contribution is -2.47. The first kappa shape index (κ1) is 11.4. The zero-order valence-electron chi connectivity index (χ0n) is 10.3. The SMILES string of the molecule is CC(C)CC1(O)CCCC2CCCCC21. The molecule has 3 atom stereocenters. The van der Waals surface area contributed by atoms with Crippen LogP contribution < -0.4 is 0 Å². The highest BCUT2D eigenvalue weighted by Crippen LogP contribution is 2.48. The molecule has 1 nitrogen and oxygen atoms in total. The molecule has 0 saturated heterocycles. The molecule has 0 amide bonds. The first-order chi connectivity index (χ1) is 7.12. The van der Waals surface area contributed by atoms with Crippen molar-refractivity contribution in [1.29, 1.82) is 0 Å². The lowest BCUT2D eigenvalue weighted by Gasteiger charge is -2.48. The summed E-state index contributed by atoms with van der Waals surface area (Å²) in [6.45, 7) is 4.48. The van der Waals surface area contributed by atoms with Crippen LogP contribution in [-0.4, -0.2) is 10.7 Å². The summed E-state index contributed by atoms with van der Waals surface area (Å²) in [6, 6.07) is 0. The van der Waals surface area contributed by atoms with E-state index in [-0.39, 0.29) is 5.60 Å². The van der Waals surface area contributed by atoms with E-state index >= 15 is 0 Å². The van der Waals surface area contributed by atoms with E-state index in [1.165, 1.54) is 38.5 Å². The van der Waals surface area contributed by atoms with Gasteiger partial charge in [-0.15, -0.1) is 0 Å². The molecule has 0 radical (unpaired) electrons. The summed E-state index contributed by atoms with van der Waals surface area (Å²) in [7, 11) is 0. The normalized spacial score (nSPS) is 41.6. The van der Waals surface area contributed by atoms with Crippen molar-refractivity contribution in [2.24, 2.45) is 17.8 Å². The molecule has 0 spiro atoms. The van der Waals surface area contributed by atoms with Crippen LogP contribution in [0.4, 0.5) is 0 Å². The Kier molecular flexibility index (Phi) is 3.39. The number of aliphatic hydroxyl groups is 1. The predicted octanol–water partition coefficient (Wildman–Crippen LogP) is 3.75. The van der Waals surface area contributed by atoms with Gasteiger partial charge in [0.15, 0.2) is 0 Å². The Hall–Kier alpha value is -0.0400. The molecule has 1 heteroatoms. The van der Waals surface area contributed by atoms with Crippen molar-refractivity contribution in [2.75, 3.05) is 0 Å². The zero-order valence-corrected chi connectivity index (χ0v) is 10.3. The lowest BCUT2D eigenvalue weighted by atomic mass is 9.61. The van der Waals surface area contributed by atoms with Gasteiger partial charge in [0.2, 0.25) is 0 Å². The number of fused-ring (bicyclic) bond motifs is 1. The van der Waals surface area contributed by atoms with Gasteiger partial charge >= 0.3 is 0 Å². The average molecular weight is 210 g/mol. The summed E-state index contributed by atoms with van der Waals surface area (Å²) in [6.07, 6.45) is 10.1. The molecule has 0 aromatic rings. The summed E-state index contributed by atoms with van der Waals surface area (Å²) in [5, 5.41) is 10.8. The molecular weight excluding hydrogens is 184 g/mol. The fraction of sp³-hybridized carbons (Fsp3) is 1.00. The van der Waals surface area contributed by atoms with E-state index in [1.54, 1.807) is 0 Å². The van der Waals surface area contributed by atoms with Crippen LogP contribution in [0.15, 0.2) is 0 Å². The Labute approximate surface area is 94.3 Å². The number of hydrogen-bond donors (Lipinski definition) is 1. The van der Waals surface area contributed by atoms with Gasteiger partial charge in [0.05, 0.1) is 5.60 Å². The quantitative estimate of drug-likeness (QED) is 0.736. The average Bonchev–Trinajstić information content (AvgIpc) is 2.17. The van der Waals surface area contributed by atoms with Crippen molar-refractivity contribution in [3.63, 3.8) is 0 Å². The van der Waals surface area contributed by atoms with Crippen molar-refractivity contribution < 1.29 is 5.11 Å². The minimum absolute atomic E-state index is 0.308. The Morgan fingerprint density at radius 1 is 1.13 bits per heavy atom. The van der Waals surface area contributed by atoms with Crippen LogP contribution in [0.1, 0.15) is 65.2 Å². The zero-order chi connectivity index (χ0) is 10.9. The molecule has 1 N–H and O–H groups in total. The maximum atomic E-state index is 10.8. The fourth-order valence-electron chi connectivity index (χ4n) is 4.08. The fourth-order valence-corrected chi connectivity index (χ4v) is 4.08. The van der Waals surface area contributed by atoms with Crippen LogP contribution in [0.3, 0.4) is 0 Å². The molecule has 3 unspecified atom stereocenters. The van der Waals surface area contributed by atoms with E-state index in [9.17, 15) is 5.11 Å². The molecule has 0 bridgehead atoms. The maximum Gasteiger partial charge on any atom is 0.0680 e. The van der Waals surface area contributed by atoms with Gasteiger partial charge in [-0.3, -0.25) is 0 Å². The minimum Gasteiger partial charge on any atom is -0.390 e. The molecule has 0 aromatic heterocycles. The molecule has 0 aromatic carbocycles. The summed E-state index contributed by atoms with van der Waals surface area (Å²) >= 11 is 0. The van der Waals surface area contributed by atoms with Gasteiger partial charge in [0, 0.05) is 0 Å². The molecule has 0 aliphatic heterocycles. The Morgan fingerprint density at radius 2 is 1.80 bits per heavy atom. The molecular formula is C14H26O. The standard InChI is InChI=1S/C14H26O/c1-11(2)10-14(15)9-5-7-12-6-3-4-8-13(12)14/h11-13,15H,3-10H2,1-2H3. The summed E-state index contributed by atoms with van der Waals surface area (Å²) in [4.78, 5) is 0. The molecule has 0 heterocycles. The van der Waals surface area contributed by atoms with Gasteiger partial charge in [-0.2, -0.15) is 0 Å². The smallest absolute Gasteiger partial charge is 0.0680 e. The molecule has 2 aliphatic rings. The van der Waals surface area contributed by atoms with E-state index in [1.807, 2.05) is 0 Å². The maximum absolute atomic E-state index is 10.8. The third kappa shape index (κ3) is 2.38. The summed E-state index contributed by atoms with van der Waals surface area (Å²) in [5.41, 5.74) is -0.308. The van der Waals surface area contributed by atoms with Crippen molar-refractivity contribution in [3.05, 3.63) is 0 Å². The van der Waals surface area contributed by atoms with Crippen LogP contribution in [0.25, 0.3) is 0 Å². The molecule has 88 valence electrons. The van der Waals surface area contributed by atoms with Crippen molar-refractivity contribution in [2.45, 2.75) is 70.8 Å². The van der Waals surface area contributed by atoms with Crippen molar-refractivity contribution in [3.8, 4) is 0 Å². The second-order valence-corrected chi connectivity index (χ2v) is 6.24. The summed E-state index contributed by atoms with van der Waals surface area (Å²) in [5.74, 6) is 2.11. The summed E-state index contributed by atoms with van der Waals surface area (Å²) < 4.78 is 0. The highest BCUT2D eigenvalue weighted by Gasteiger charge is 2.44. The predicted molar refractivity (Wildman–Crippen MR) is 63.7 cm³/mol. The Morgan fingerprint density at radius 3 is 2.53 bits per heavy atom. The van der Waals surface area contributed by atoms with Gasteiger partial charge < -0.3 is 5.11 Å². The van der Waals surface area contributed by atoms with Crippen LogP contribution in [-0.2, 0) is 0 Å². The Balaban J connectivity index is 2.08. The first-order valence-corrected chi connectivity index (χ1v) is 6.84. The third-order valence-corrected chi connectivity index (χ3v) is 4.55. The number of hydrogen-bond acceptors (Lipinski definition) is 1. The van der Waals surface area contributed by atoms with Crippen molar-refractivity contribution in [1.82, 2.24) is 0 Å². The monoisotopic (exact) mass is 210 g/mol. The van der Waals surface area contributed by atoms with E-state index in [2.05, 4.69) is 13.8 Å². The van der Waals surface area contributed by atoms with Gasteiger partial charge in [0.25, 0.3) is 0 Å². The van der Waals surface area contributed by atoms with E-state index in [4.69, 9.17) is 0 Å². The van der Waals surface area contributed by atoms with E-state index < -0.39 is 0 Å². The van der Waals surface area contributed by atoms with Gasteiger partial charge in [-0.25, -0.2) is 0 Å². The van der Waals surface area contributed by atoms with Crippen LogP contribution in [0, 0.1) is 17.8 Å². The molecule has 2 saturated carbocycles. The van der Waals surface area contributed by atoms with E-state index in [0.717, 1.165) is 18.8 Å². The molecule has 2 aliphatic carbocycles. The molecule has 2 rings (SSSR count). The topological polar surface area (TPSA) is 20.2 Å². The van der Waals surface area contributed by atoms with Crippen LogP contribution in [0.5, 0.6) is 0 Å². The van der Waals surface area contributed by atoms with Crippen LogP contribution >= 0.6 is 0 Å². The Bertz CT molecular complexity index is 209. The minimum atomic E-state index is -0.308. The van der Waals surface area contributed by atoms with Crippen molar-refractivity contribution >= 4 is 0 Å². The van der Waals surface area contributed by atoms with Gasteiger partial charge in [-0.05, 0) is 43.4 Å². The third-order valence-electron chi connectivity index (χ3n) is 4.55. The molecule has 15 heavy (non-hydrogen) atoms. The van der Waals surface area contributed by atoms with E-state index in [0.29, 0.717) is 11.8 Å². The second kappa shape index (κ2) is 4.45. The van der Waals surface area contributed by atoms with Gasteiger partial charge in [0.1, 0.15) is 0 Å². The van der Waals surface area contributed by atoms with Crippen LogP contribution in [0.2, 0.25) is 0 Å². The van der Waals surface area contributed by atoms with Gasteiger partial charge in [-0.1, -0.05) is 39.5 Å².